The van der Waals surface area contributed by atoms with Crippen LogP contribution in [0.25, 0.3) is 0 Å². The highest BCUT2D eigenvalue weighted by atomic mass is 32.2. The molecule has 0 amide bonds. The van der Waals surface area contributed by atoms with E-state index in [0.717, 1.165) is 12.0 Å². The summed E-state index contributed by atoms with van der Waals surface area (Å²) >= 11 is 0. The molecule has 5 nitrogen and oxygen atoms in total. The van der Waals surface area contributed by atoms with Crippen molar-refractivity contribution in [3.05, 3.63) is 29.8 Å². The van der Waals surface area contributed by atoms with Gasteiger partial charge in [-0.25, -0.2) is 8.42 Å². The molecule has 2 rings (SSSR count). The smallest absolute Gasteiger partial charge is 0.241 e. The highest BCUT2D eigenvalue weighted by molar-refractivity contribution is 7.89. The number of carbonyl (C=O) groups excluding carboxylic acids is 1. The van der Waals surface area contributed by atoms with Crippen molar-refractivity contribution in [3.8, 4) is 0 Å². The van der Waals surface area contributed by atoms with Gasteiger partial charge in [0.15, 0.2) is 0 Å². The number of aliphatic carboxylic acids is 1. The van der Waals surface area contributed by atoms with E-state index in [1.54, 1.807) is 12.1 Å². The fraction of sp³-hybridized carbons (Fsp3) is 0.500. The summed E-state index contributed by atoms with van der Waals surface area (Å²) in [6, 6.07) is 6.31. The van der Waals surface area contributed by atoms with E-state index in [2.05, 4.69) is 4.72 Å². The van der Waals surface area contributed by atoms with Crippen LogP contribution in [0.1, 0.15) is 37.7 Å². The minimum absolute atomic E-state index is 0.0781. The molecule has 0 saturated heterocycles. The third-order valence-electron chi connectivity index (χ3n) is 3.76. The van der Waals surface area contributed by atoms with Gasteiger partial charge in [-0.05, 0) is 31.9 Å². The van der Waals surface area contributed by atoms with E-state index in [-0.39, 0.29) is 17.7 Å². The molecule has 1 aliphatic carbocycles. The largest absolute Gasteiger partial charge is 0.548 e. The summed E-state index contributed by atoms with van der Waals surface area (Å²) in [5.41, 5.74) is -0.529. The van der Waals surface area contributed by atoms with Gasteiger partial charge in [0.25, 0.3) is 0 Å². The third-order valence-corrected chi connectivity index (χ3v) is 5.31. The van der Waals surface area contributed by atoms with Gasteiger partial charge in [-0.15, -0.1) is 0 Å². The lowest BCUT2D eigenvalue weighted by molar-refractivity contribution is -0.314. The highest BCUT2D eigenvalue weighted by Gasteiger charge is 2.37. The number of carbonyl (C=O) groups is 1. The molecule has 0 unspecified atom stereocenters. The van der Waals surface area contributed by atoms with Crippen molar-refractivity contribution in [1.29, 1.82) is 0 Å². The Balaban J connectivity index is 2.30. The Morgan fingerprint density at radius 2 is 1.70 bits per heavy atom. The number of nitrogens with one attached hydrogen (secondary N) is 1. The average molecular weight is 296 g/mol. The lowest BCUT2D eigenvalue weighted by Crippen LogP contribution is -2.60. The maximum Gasteiger partial charge on any atom is 0.241 e. The van der Waals surface area contributed by atoms with Gasteiger partial charge in [-0.2, -0.15) is 4.72 Å². The number of sulfonamides is 1. The van der Waals surface area contributed by atoms with Gasteiger partial charge in [0, 0.05) is 0 Å². The van der Waals surface area contributed by atoms with Crippen LogP contribution in [-0.2, 0) is 14.8 Å². The van der Waals surface area contributed by atoms with Crippen LogP contribution in [0, 0.1) is 6.92 Å². The Morgan fingerprint density at radius 3 is 2.20 bits per heavy atom. The zero-order valence-electron chi connectivity index (χ0n) is 11.4. The van der Waals surface area contributed by atoms with Crippen molar-refractivity contribution >= 4 is 16.0 Å². The molecule has 110 valence electrons. The molecule has 0 heterocycles. The molecule has 1 fully saturated rings. The van der Waals surface area contributed by atoms with Crippen molar-refractivity contribution < 1.29 is 18.3 Å². The van der Waals surface area contributed by atoms with E-state index < -0.39 is 21.5 Å². The number of hydrogen-bond donors (Lipinski definition) is 1. The maximum atomic E-state index is 12.3. The van der Waals surface area contributed by atoms with E-state index >= 15 is 0 Å². The zero-order chi connectivity index (χ0) is 14.8. The molecule has 0 spiro atoms. The Morgan fingerprint density at radius 1 is 1.15 bits per heavy atom. The first-order valence-electron chi connectivity index (χ1n) is 6.68. The van der Waals surface area contributed by atoms with Crippen molar-refractivity contribution in [2.24, 2.45) is 0 Å². The molecule has 1 aromatic rings. The Bertz CT molecular complexity index is 586. The molecule has 20 heavy (non-hydrogen) atoms. The number of rotatable bonds is 4. The molecule has 1 N–H and O–H groups in total. The summed E-state index contributed by atoms with van der Waals surface area (Å²) < 4.78 is 27.0. The fourth-order valence-electron chi connectivity index (χ4n) is 2.54. The molecule has 6 heteroatoms. The van der Waals surface area contributed by atoms with Crippen LogP contribution in [0.5, 0.6) is 0 Å². The first kappa shape index (κ1) is 15.0. The number of benzene rings is 1. The topological polar surface area (TPSA) is 86.3 Å². The molecule has 1 aliphatic rings. The van der Waals surface area contributed by atoms with Crippen LogP contribution >= 0.6 is 0 Å². The molecule has 1 saturated carbocycles. The monoisotopic (exact) mass is 296 g/mol. The van der Waals surface area contributed by atoms with Gasteiger partial charge in [0.05, 0.1) is 16.4 Å². The predicted molar refractivity (Wildman–Crippen MR) is 72.3 cm³/mol. The standard InChI is InChI=1S/C14H19NO4S/c1-11-5-7-12(8-6-11)20(18,19)15-14(13(16)17)9-3-2-4-10-14/h5-8,15H,2-4,9-10H2,1H3,(H,16,17)/p-1. The lowest BCUT2D eigenvalue weighted by atomic mass is 9.83. The summed E-state index contributed by atoms with van der Waals surface area (Å²) in [4.78, 5) is 11.5. The van der Waals surface area contributed by atoms with Crippen LogP contribution in [0.15, 0.2) is 29.2 Å². The van der Waals surface area contributed by atoms with E-state index in [9.17, 15) is 18.3 Å². The number of carboxylic acid groups (broad SMARTS) is 1. The first-order chi connectivity index (χ1) is 9.36. The minimum atomic E-state index is -3.85. The quantitative estimate of drug-likeness (QED) is 0.887. The maximum absolute atomic E-state index is 12.3. The van der Waals surface area contributed by atoms with Gasteiger partial charge in [-0.1, -0.05) is 37.0 Å². The van der Waals surface area contributed by atoms with Crippen molar-refractivity contribution in [2.45, 2.75) is 49.5 Å². The first-order valence-corrected chi connectivity index (χ1v) is 8.16. The van der Waals surface area contributed by atoms with Crippen molar-refractivity contribution in [1.82, 2.24) is 4.72 Å². The minimum Gasteiger partial charge on any atom is -0.548 e. The van der Waals surface area contributed by atoms with Crippen LogP contribution in [-0.4, -0.2) is 19.9 Å². The van der Waals surface area contributed by atoms with Crippen molar-refractivity contribution in [3.63, 3.8) is 0 Å². The fourth-order valence-corrected chi connectivity index (χ4v) is 3.95. The van der Waals surface area contributed by atoms with Crippen LogP contribution in [0.3, 0.4) is 0 Å². The number of aryl methyl sites for hydroxylation is 1. The van der Waals surface area contributed by atoms with E-state index in [0.29, 0.717) is 12.8 Å². The SMILES string of the molecule is Cc1ccc(S(=O)(=O)NC2(C(=O)[O-])CCCCC2)cc1. The summed E-state index contributed by atoms with van der Waals surface area (Å²) in [7, 11) is -3.85. The molecule has 0 radical (unpaired) electrons. The molecule has 0 aromatic heterocycles. The zero-order valence-corrected chi connectivity index (χ0v) is 12.2. The van der Waals surface area contributed by atoms with E-state index in [1.807, 2.05) is 6.92 Å². The van der Waals surface area contributed by atoms with Crippen LogP contribution < -0.4 is 9.83 Å². The molecule has 1 aromatic carbocycles. The van der Waals surface area contributed by atoms with E-state index in [4.69, 9.17) is 0 Å². The number of carboxylic acids is 1. The molecule has 0 bridgehead atoms. The lowest BCUT2D eigenvalue weighted by Gasteiger charge is -2.38. The predicted octanol–water partition coefficient (Wildman–Crippen LogP) is 0.726. The Labute approximate surface area is 119 Å². The molecule has 0 atom stereocenters. The average Bonchev–Trinajstić information content (AvgIpc) is 2.39. The Hall–Kier alpha value is -1.40. The summed E-state index contributed by atoms with van der Waals surface area (Å²) in [6.45, 7) is 1.85. The third kappa shape index (κ3) is 3.02. The number of hydrogen-bond acceptors (Lipinski definition) is 4. The van der Waals surface area contributed by atoms with Gasteiger partial charge in [-0.3, -0.25) is 0 Å². The van der Waals surface area contributed by atoms with E-state index in [1.165, 1.54) is 12.1 Å². The van der Waals surface area contributed by atoms with Gasteiger partial charge in [0.2, 0.25) is 10.0 Å². The molecule has 0 aliphatic heterocycles. The van der Waals surface area contributed by atoms with Crippen LogP contribution in [0.2, 0.25) is 0 Å². The summed E-state index contributed by atoms with van der Waals surface area (Å²) in [5, 5.41) is 11.4. The Kier molecular flexibility index (Phi) is 4.15. The van der Waals surface area contributed by atoms with Crippen LogP contribution in [0.4, 0.5) is 0 Å². The normalized spacial score (nSPS) is 18.6. The molecular weight excluding hydrogens is 278 g/mol. The molecular formula is C14H18NO4S-. The van der Waals surface area contributed by atoms with Gasteiger partial charge < -0.3 is 9.90 Å². The second kappa shape index (κ2) is 5.54. The second-order valence-corrected chi connectivity index (χ2v) is 7.03. The highest BCUT2D eigenvalue weighted by Crippen LogP contribution is 2.29. The van der Waals surface area contributed by atoms with Gasteiger partial charge in [0.1, 0.15) is 0 Å². The van der Waals surface area contributed by atoms with Crippen molar-refractivity contribution in [2.75, 3.05) is 0 Å². The summed E-state index contributed by atoms with van der Waals surface area (Å²) in [6.07, 6.45) is 2.84. The summed E-state index contributed by atoms with van der Waals surface area (Å²) in [5.74, 6) is -1.34. The van der Waals surface area contributed by atoms with Gasteiger partial charge >= 0.3 is 0 Å². The second-order valence-electron chi connectivity index (χ2n) is 5.35.